The molecule has 5 nitrogen and oxygen atoms in total. The Hall–Kier alpha value is -3.08. The van der Waals surface area contributed by atoms with Crippen LogP contribution in [-0.2, 0) is 11.2 Å². The number of carbonyl (C=O) groups excluding carboxylic acids is 1. The molecule has 0 spiro atoms. The number of benzene rings is 2. The molecule has 4 rings (SSSR count). The van der Waals surface area contributed by atoms with Crippen molar-refractivity contribution in [2.75, 3.05) is 23.3 Å². The van der Waals surface area contributed by atoms with Crippen molar-refractivity contribution in [3.05, 3.63) is 66.4 Å². The summed E-state index contributed by atoms with van der Waals surface area (Å²) in [6.45, 7) is 2.16. The molecule has 1 fully saturated rings. The van der Waals surface area contributed by atoms with Crippen molar-refractivity contribution >= 4 is 17.3 Å². The van der Waals surface area contributed by atoms with Crippen LogP contribution < -0.4 is 10.2 Å². The highest BCUT2D eigenvalue weighted by atomic mass is 16.5. The van der Waals surface area contributed by atoms with E-state index in [0.717, 1.165) is 30.0 Å². The summed E-state index contributed by atoms with van der Waals surface area (Å²) < 4.78 is 5.35. The molecular weight excluding hydrogens is 326 g/mol. The number of nitrogens with one attached hydrogen (secondary N) is 1. The van der Waals surface area contributed by atoms with Gasteiger partial charge in [-0.1, -0.05) is 41.6 Å². The molecule has 1 N–H and O–H groups in total. The lowest BCUT2D eigenvalue weighted by atomic mass is 10.1. The van der Waals surface area contributed by atoms with Gasteiger partial charge in [-0.25, -0.2) is 0 Å². The minimum atomic E-state index is -0.100. The first kappa shape index (κ1) is 16.4. The summed E-state index contributed by atoms with van der Waals surface area (Å²) in [7, 11) is 0. The van der Waals surface area contributed by atoms with E-state index in [2.05, 4.69) is 21.4 Å². The highest BCUT2D eigenvalue weighted by Crippen LogP contribution is 2.24. The molecule has 1 aromatic heterocycles. The van der Waals surface area contributed by atoms with E-state index >= 15 is 0 Å². The van der Waals surface area contributed by atoms with Crippen LogP contribution in [0.3, 0.4) is 0 Å². The summed E-state index contributed by atoms with van der Waals surface area (Å²) >= 11 is 0. The van der Waals surface area contributed by atoms with Crippen molar-refractivity contribution in [1.29, 1.82) is 0 Å². The smallest absolute Gasteiger partial charge is 0.230 e. The van der Waals surface area contributed by atoms with Crippen molar-refractivity contribution in [3.63, 3.8) is 0 Å². The van der Waals surface area contributed by atoms with Crippen molar-refractivity contribution < 1.29 is 9.32 Å². The molecule has 0 saturated carbocycles. The van der Waals surface area contributed by atoms with Crippen LogP contribution in [-0.4, -0.2) is 24.2 Å². The maximum Gasteiger partial charge on any atom is 0.230 e. The molecule has 1 aliphatic heterocycles. The number of anilines is 2. The summed E-state index contributed by atoms with van der Waals surface area (Å²) in [6.07, 6.45) is 2.64. The van der Waals surface area contributed by atoms with Crippen LogP contribution in [0.1, 0.15) is 18.5 Å². The molecule has 0 aliphatic carbocycles. The van der Waals surface area contributed by atoms with Gasteiger partial charge in [-0.3, -0.25) is 4.79 Å². The van der Waals surface area contributed by atoms with Crippen LogP contribution in [0.15, 0.2) is 65.2 Å². The standard InChI is InChI=1S/C21H21N3O2/c25-21(15-18-14-20(26-23-18)16-7-2-1-3-8-16)22-17-9-6-10-19(13-17)24-11-4-5-12-24/h1-3,6-10,13-14H,4-5,11-12,15H2,(H,22,25). The number of hydrogen-bond donors (Lipinski definition) is 1. The fourth-order valence-electron chi connectivity index (χ4n) is 3.26. The molecule has 2 heterocycles. The van der Waals surface area contributed by atoms with E-state index < -0.39 is 0 Å². The quantitative estimate of drug-likeness (QED) is 0.754. The molecule has 2 aromatic carbocycles. The fourth-order valence-corrected chi connectivity index (χ4v) is 3.26. The Bertz CT molecular complexity index is 883. The minimum Gasteiger partial charge on any atom is -0.371 e. The number of nitrogens with zero attached hydrogens (tertiary/aromatic N) is 2. The van der Waals surface area contributed by atoms with Gasteiger partial charge in [0.05, 0.1) is 12.1 Å². The van der Waals surface area contributed by atoms with Crippen LogP contribution in [0.25, 0.3) is 11.3 Å². The monoisotopic (exact) mass is 347 g/mol. The fraction of sp³-hybridized carbons (Fsp3) is 0.238. The maximum absolute atomic E-state index is 12.4. The zero-order valence-corrected chi connectivity index (χ0v) is 14.5. The van der Waals surface area contributed by atoms with E-state index in [-0.39, 0.29) is 12.3 Å². The van der Waals surface area contributed by atoms with Gasteiger partial charge in [-0.05, 0) is 31.0 Å². The third-order valence-electron chi connectivity index (χ3n) is 4.56. The second kappa shape index (κ2) is 7.44. The highest BCUT2D eigenvalue weighted by molar-refractivity contribution is 5.92. The Balaban J connectivity index is 1.40. The molecule has 0 unspecified atom stereocenters. The normalized spacial score (nSPS) is 13.8. The van der Waals surface area contributed by atoms with E-state index in [1.54, 1.807) is 0 Å². The molecule has 1 saturated heterocycles. The van der Waals surface area contributed by atoms with Crippen LogP contribution in [0.4, 0.5) is 11.4 Å². The van der Waals surface area contributed by atoms with Crippen molar-refractivity contribution in [1.82, 2.24) is 5.16 Å². The van der Waals surface area contributed by atoms with Crippen molar-refractivity contribution in [2.24, 2.45) is 0 Å². The Labute approximate surface area is 152 Å². The molecule has 1 amide bonds. The summed E-state index contributed by atoms with van der Waals surface area (Å²) in [5, 5.41) is 6.97. The summed E-state index contributed by atoms with van der Waals surface area (Å²) in [6, 6.07) is 19.6. The molecular formula is C21H21N3O2. The molecule has 132 valence electrons. The first-order chi connectivity index (χ1) is 12.8. The van der Waals surface area contributed by atoms with Gasteiger partial charge in [0.15, 0.2) is 5.76 Å². The molecule has 0 radical (unpaired) electrons. The number of amides is 1. The Kier molecular flexibility index (Phi) is 4.69. The van der Waals surface area contributed by atoms with E-state index in [9.17, 15) is 4.79 Å². The van der Waals surface area contributed by atoms with Gasteiger partial charge >= 0.3 is 0 Å². The predicted molar refractivity (Wildman–Crippen MR) is 102 cm³/mol. The van der Waals surface area contributed by atoms with E-state index in [1.807, 2.05) is 54.6 Å². The average Bonchev–Trinajstić information content (AvgIpc) is 3.35. The van der Waals surface area contributed by atoms with Gasteiger partial charge < -0.3 is 14.7 Å². The van der Waals surface area contributed by atoms with Crippen LogP contribution >= 0.6 is 0 Å². The van der Waals surface area contributed by atoms with Gasteiger partial charge in [-0.2, -0.15) is 0 Å². The summed E-state index contributed by atoms with van der Waals surface area (Å²) in [5.41, 5.74) is 3.54. The SMILES string of the molecule is O=C(Cc1cc(-c2ccccc2)on1)Nc1cccc(N2CCCC2)c1. The third-order valence-corrected chi connectivity index (χ3v) is 4.56. The number of carbonyl (C=O) groups is 1. The summed E-state index contributed by atoms with van der Waals surface area (Å²) in [4.78, 5) is 14.7. The lowest BCUT2D eigenvalue weighted by Gasteiger charge is -2.18. The molecule has 3 aromatic rings. The van der Waals surface area contributed by atoms with Gasteiger partial charge in [0.2, 0.25) is 5.91 Å². The average molecular weight is 347 g/mol. The van der Waals surface area contributed by atoms with Crippen LogP contribution in [0, 0.1) is 0 Å². The molecule has 1 aliphatic rings. The lowest BCUT2D eigenvalue weighted by molar-refractivity contribution is -0.115. The Morgan fingerprint density at radius 2 is 1.85 bits per heavy atom. The third kappa shape index (κ3) is 3.77. The predicted octanol–water partition coefficient (Wildman–Crippen LogP) is 4.12. The van der Waals surface area contributed by atoms with Crippen LogP contribution in [0.5, 0.6) is 0 Å². The molecule has 0 bridgehead atoms. The topological polar surface area (TPSA) is 58.4 Å². The highest BCUT2D eigenvalue weighted by Gasteiger charge is 2.14. The first-order valence-electron chi connectivity index (χ1n) is 8.94. The zero-order chi connectivity index (χ0) is 17.8. The van der Waals surface area contributed by atoms with Gasteiger partial charge in [0.1, 0.15) is 0 Å². The minimum absolute atomic E-state index is 0.100. The zero-order valence-electron chi connectivity index (χ0n) is 14.5. The second-order valence-electron chi connectivity index (χ2n) is 6.52. The van der Waals surface area contributed by atoms with Crippen molar-refractivity contribution in [3.8, 4) is 11.3 Å². The van der Waals surface area contributed by atoms with Gasteiger partial charge in [-0.15, -0.1) is 0 Å². The van der Waals surface area contributed by atoms with E-state index in [1.165, 1.54) is 12.8 Å². The van der Waals surface area contributed by atoms with Crippen molar-refractivity contribution in [2.45, 2.75) is 19.3 Å². The molecule has 5 heteroatoms. The van der Waals surface area contributed by atoms with Crippen LogP contribution in [0.2, 0.25) is 0 Å². The molecule has 26 heavy (non-hydrogen) atoms. The first-order valence-corrected chi connectivity index (χ1v) is 8.94. The van der Waals surface area contributed by atoms with E-state index in [0.29, 0.717) is 11.5 Å². The summed E-state index contributed by atoms with van der Waals surface area (Å²) in [5.74, 6) is 0.570. The van der Waals surface area contributed by atoms with Gasteiger partial charge in [0.25, 0.3) is 0 Å². The number of hydrogen-bond acceptors (Lipinski definition) is 4. The largest absolute Gasteiger partial charge is 0.371 e. The number of aromatic nitrogens is 1. The number of rotatable bonds is 5. The molecule has 0 atom stereocenters. The van der Waals surface area contributed by atoms with E-state index in [4.69, 9.17) is 4.52 Å². The maximum atomic E-state index is 12.4. The second-order valence-corrected chi connectivity index (χ2v) is 6.52. The van der Waals surface area contributed by atoms with Gasteiger partial charge in [0, 0.05) is 36.1 Å². The Morgan fingerprint density at radius 3 is 2.65 bits per heavy atom. The Morgan fingerprint density at radius 1 is 1.04 bits per heavy atom. The lowest BCUT2D eigenvalue weighted by Crippen LogP contribution is -2.18.